The molecule has 77 heavy (non-hydrogen) atoms. The lowest BCUT2D eigenvalue weighted by Crippen LogP contribution is -2.61. The van der Waals surface area contributed by atoms with Crippen LogP contribution in [0.1, 0.15) is 79.0 Å². The summed E-state index contributed by atoms with van der Waals surface area (Å²) in [6.07, 6.45) is 0. The van der Waals surface area contributed by atoms with Gasteiger partial charge in [0.2, 0.25) is 0 Å². The Labute approximate surface area is 455 Å². The van der Waals surface area contributed by atoms with Crippen molar-refractivity contribution >= 4 is 96.2 Å². The summed E-state index contributed by atoms with van der Waals surface area (Å²) >= 11 is 0. The van der Waals surface area contributed by atoms with Gasteiger partial charge in [-0.25, -0.2) is 0 Å². The van der Waals surface area contributed by atoms with Crippen molar-refractivity contribution in [1.82, 2.24) is 0 Å². The Balaban J connectivity index is 1.10. The summed E-state index contributed by atoms with van der Waals surface area (Å²) < 4.78 is 6.50. The van der Waals surface area contributed by atoms with Gasteiger partial charge < -0.3 is 19.1 Å². The average Bonchev–Trinajstić information content (AvgIpc) is 3.87. The lowest BCUT2D eigenvalue weighted by Gasteiger charge is -2.45. The summed E-state index contributed by atoms with van der Waals surface area (Å²) in [4.78, 5) is 7.59. The minimum Gasteiger partial charge on any atom is -0.456 e. The first-order valence-electron chi connectivity index (χ1n) is 27.3. The maximum Gasteiger partial charge on any atom is 0.252 e. The normalized spacial score (nSPS) is 13.2. The van der Waals surface area contributed by atoms with E-state index in [0.29, 0.717) is 0 Å². The summed E-state index contributed by atoms with van der Waals surface area (Å²) in [7, 11) is 0. The van der Waals surface area contributed by atoms with Crippen molar-refractivity contribution in [3.05, 3.63) is 241 Å². The van der Waals surface area contributed by atoms with Crippen molar-refractivity contribution in [3.8, 4) is 22.3 Å². The first-order valence-corrected chi connectivity index (χ1v) is 27.3. The molecule has 2 aliphatic heterocycles. The number of nitrogens with zero attached hydrogens (tertiary/aromatic N) is 3. The second kappa shape index (κ2) is 18.1. The van der Waals surface area contributed by atoms with Crippen LogP contribution in [-0.2, 0) is 16.2 Å². The van der Waals surface area contributed by atoms with Crippen molar-refractivity contribution < 1.29 is 4.42 Å². The smallest absolute Gasteiger partial charge is 0.252 e. The van der Waals surface area contributed by atoms with E-state index in [4.69, 9.17) is 4.42 Å². The van der Waals surface area contributed by atoms with Crippen molar-refractivity contribution in [2.24, 2.45) is 0 Å². The Kier molecular flexibility index (Phi) is 11.3. The number of rotatable bonds is 7. The molecule has 0 N–H and O–H groups in total. The molecule has 0 unspecified atom stereocenters. The molecule has 0 saturated heterocycles. The molecule has 0 radical (unpaired) electrons. The largest absolute Gasteiger partial charge is 0.456 e. The van der Waals surface area contributed by atoms with Gasteiger partial charge in [0.15, 0.2) is 0 Å². The summed E-state index contributed by atoms with van der Waals surface area (Å²) in [6.45, 7) is 20.9. The zero-order valence-electron chi connectivity index (χ0n) is 45.7. The number of hydrogen-bond acceptors (Lipinski definition) is 4. The number of fused-ring (bicyclic) bond motifs is 7. The van der Waals surface area contributed by atoms with Crippen LogP contribution < -0.4 is 31.1 Å². The van der Waals surface area contributed by atoms with Crippen LogP contribution in [0.5, 0.6) is 0 Å². The van der Waals surface area contributed by atoms with Gasteiger partial charge in [0, 0.05) is 61.8 Å². The Morgan fingerprint density at radius 1 is 0.364 bits per heavy atom. The first-order chi connectivity index (χ1) is 37.1. The van der Waals surface area contributed by atoms with Crippen molar-refractivity contribution in [3.63, 3.8) is 0 Å². The maximum atomic E-state index is 6.50. The average molecular weight is 998 g/mol. The lowest BCUT2D eigenvalue weighted by molar-refractivity contribution is 0.589. The number of benzene rings is 10. The molecule has 4 nitrogen and oxygen atoms in total. The molecular formula is C72H64BN3O. The number of para-hydroxylation sites is 3. The second-order valence-electron chi connectivity index (χ2n) is 24.3. The van der Waals surface area contributed by atoms with E-state index in [1.54, 1.807) is 0 Å². The highest BCUT2D eigenvalue weighted by Gasteiger charge is 2.45. The summed E-state index contributed by atoms with van der Waals surface area (Å²) in [5.74, 6) is 0. The van der Waals surface area contributed by atoms with Gasteiger partial charge >= 0.3 is 0 Å². The standard InChI is InChI=1S/C72H64BN3O/c1-70(2,3)50-32-35-54(36-33-50)75-63-40-34-51(71(4,5)6)43-61(63)73-60-39-37-56(74(53-24-14-11-15-25-53)62-29-18-16-27-57(62)47-21-12-10-13-22-47)46-64(60)76(66-45-52(72(7,8)9)44-65(75)69(66)73)55-26-20-23-48(41-55)49-31-38-59-58-28-17-19-30-67(58)77-68(59)42-49/h10-46H,1-9H3. The molecule has 11 aromatic rings. The van der Waals surface area contributed by atoms with Crippen LogP contribution >= 0.6 is 0 Å². The van der Waals surface area contributed by atoms with Gasteiger partial charge in [-0.3, -0.25) is 0 Å². The maximum absolute atomic E-state index is 6.50. The predicted molar refractivity (Wildman–Crippen MR) is 329 cm³/mol. The molecule has 376 valence electrons. The van der Waals surface area contributed by atoms with Crippen LogP contribution in [0.2, 0.25) is 0 Å². The van der Waals surface area contributed by atoms with Gasteiger partial charge in [-0.15, -0.1) is 0 Å². The Bertz CT molecular complexity index is 4060. The minimum absolute atomic E-state index is 0.0193. The quantitative estimate of drug-likeness (QED) is 0.148. The van der Waals surface area contributed by atoms with Crippen molar-refractivity contribution in [2.45, 2.75) is 78.6 Å². The van der Waals surface area contributed by atoms with E-state index in [0.717, 1.165) is 72.8 Å². The molecule has 0 fully saturated rings. The van der Waals surface area contributed by atoms with E-state index in [1.165, 1.54) is 55.7 Å². The van der Waals surface area contributed by atoms with Crippen molar-refractivity contribution in [2.75, 3.05) is 14.7 Å². The molecule has 0 spiro atoms. The Morgan fingerprint density at radius 2 is 0.974 bits per heavy atom. The highest BCUT2D eigenvalue weighted by Crippen LogP contribution is 2.49. The molecule has 1 aromatic heterocycles. The molecule has 3 heterocycles. The fourth-order valence-electron chi connectivity index (χ4n) is 12.0. The van der Waals surface area contributed by atoms with E-state index in [9.17, 15) is 0 Å². The third-order valence-corrected chi connectivity index (χ3v) is 16.1. The molecule has 0 bridgehead atoms. The van der Waals surface area contributed by atoms with Crippen LogP contribution in [-0.4, -0.2) is 6.71 Å². The van der Waals surface area contributed by atoms with Crippen LogP contribution in [0, 0.1) is 0 Å². The number of furan rings is 1. The molecule has 0 atom stereocenters. The third-order valence-electron chi connectivity index (χ3n) is 16.1. The monoisotopic (exact) mass is 998 g/mol. The Hall–Kier alpha value is -8.54. The molecule has 10 aromatic carbocycles. The third kappa shape index (κ3) is 8.32. The van der Waals surface area contributed by atoms with E-state index < -0.39 is 0 Å². The fourth-order valence-corrected chi connectivity index (χ4v) is 12.0. The molecular weight excluding hydrogens is 934 g/mol. The van der Waals surface area contributed by atoms with Crippen LogP contribution in [0.4, 0.5) is 51.2 Å². The molecule has 0 amide bonds. The topological polar surface area (TPSA) is 22.9 Å². The van der Waals surface area contributed by atoms with Gasteiger partial charge in [0.25, 0.3) is 6.71 Å². The van der Waals surface area contributed by atoms with Crippen LogP contribution in [0.15, 0.2) is 229 Å². The molecule has 0 aliphatic carbocycles. The number of hydrogen-bond donors (Lipinski definition) is 0. The molecule has 2 aliphatic rings. The molecule has 13 rings (SSSR count). The summed E-state index contributed by atoms with van der Waals surface area (Å²) in [5.41, 5.74) is 24.2. The Morgan fingerprint density at radius 3 is 1.70 bits per heavy atom. The molecule has 0 saturated carbocycles. The second-order valence-corrected chi connectivity index (χ2v) is 24.3. The van der Waals surface area contributed by atoms with Crippen LogP contribution in [0.25, 0.3) is 44.2 Å². The summed E-state index contributed by atoms with van der Waals surface area (Å²) in [6, 6.07) is 83.5. The van der Waals surface area contributed by atoms with Gasteiger partial charge in [-0.2, -0.15) is 0 Å². The summed E-state index contributed by atoms with van der Waals surface area (Å²) in [5, 5.41) is 2.26. The fraction of sp³-hybridized carbons (Fsp3) is 0.167. The highest BCUT2D eigenvalue weighted by molar-refractivity contribution is 7.00. The van der Waals surface area contributed by atoms with E-state index in [1.807, 2.05) is 6.07 Å². The van der Waals surface area contributed by atoms with Gasteiger partial charge in [0.05, 0.1) is 5.69 Å². The van der Waals surface area contributed by atoms with Gasteiger partial charge in [0.1, 0.15) is 11.2 Å². The van der Waals surface area contributed by atoms with Gasteiger partial charge in [-0.1, -0.05) is 196 Å². The lowest BCUT2D eigenvalue weighted by atomic mass is 9.33. The van der Waals surface area contributed by atoms with Gasteiger partial charge in [-0.05, 0) is 157 Å². The first kappa shape index (κ1) is 48.1. The SMILES string of the molecule is CC(C)(C)c1ccc(N2c3ccc(C(C)(C)C)cc3B3c4ccc(N(c5ccccc5)c5ccccc5-c5ccccc5)cc4N(c4cccc(-c5ccc6c(c5)oc5ccccc56)c4)c4cc(C(C)(C)C)cc2c43)cc1. The van der Waals surface area contributed by atoms with E-state index in [-0.39, 0.29) is 23.0 Å². The van der Waals surface area contributed by atoms with Crippen LogP contribution in [0.3, 0.4) is 0 Å². The van der Waals surface area contributed by atoms with E-state index >= 15 is 0 Å². The highest BCUT2D eigenvalue weighted by atomic mass is 16.3. The van der Waals surface area contributed by atoms with E-state index in [2.05, 4.69) is 295 Å². The predicted octanol–water partition coefficient (Wildman–Crippen LogP) is 18.4. The zero-order valence-corrected chi connectivity index (χ0v) is 45.7. The minimum atomic E-state index is -0.179. The van der Waals surface area contributed by atoms with Crippen molar-refractivity contribution in [1.29, 1.82) is 0 Å². The molecule has 5 heteroatoms. The zero-order chi connectivity index (χ0) is 53.0. The number of anilines is 9.